The topological polar surface area (TPSA) is 95.9 Å². The largest absolute Gasteiger partial charge is 0.496 e. The molecule has 2 aromatic rings. The number of nitrogens with zero attached hydrogens (tertiary/aromatic N) is 1. The third-order valence-electron chi connectivity index (χ3n) is 6.24. The van der Waals surface area contributed by atoms with Gasteiger partial charge < -0.3 is 20.1 Å². The molecule has 196 valence electrons. The van der Waals surface area contributed by atoms with Gasteiger partial charge in [0.25, 0.3) is 5.91 Å². The summed E-state index contributed by atoms with van der Waals surface area (Å²) in [5, 5.41) is 11.5. The second-order valence-electron chi connectivity index (χ2n) is 9.54. The maximum absolute atomic E-state index is 14.8. The van der Waals surface area contributed by atoms with Gasteiger partial charge in [0.2, 0.25) is 5.91 Å². The first-order chi connectivity index (χ1) is 16.8. The van der Waals surface area contributed by atoms with Gasteiger partial charge in [0.1, 0.15) is 23.4 Å². The van der Waals surface area contributed by atoms with Crippen LogP contribution in [0.2, 0.25) is 0 Å². The number of amides is 2. The van der Waals surface area contributed by atoms with Crippen LogP contribution < -0.4 is 10.1 Å². The molecule has 1 aliphatic rings. The zero-order valence-corrected chi connectivity index (χ0v) is 21.9. The van der Waals surface area contributed by atoms with Crippen molar-refractivity contribution in [1.29, 1.82) is 0 Å². The summed E-state index contributed by atoms with van der Waals surface area (Å²) in [5.74, 6) is -2.80. The second-order valence-corrected chi connectivity index (χ2v) is 13.6. The summed E-state index contributed by atoms with van der Waals surface area (Å²) in [4.78, 5) is 38.9. The van der Waals surface area contributed by atoms with E-state index >= 15 is 0 Å². The van der Waals surface area contributed by atoms with Gasteiger partial charge >= 0.3 is 5.97 Å². The van der Waals surface area contributed by atoms with Gasteiger partial charge in [-0.1, -0.05) is 6.07 Å². The number of hydrogen-bond acceptors (Lipinski definition) is 4. The Kier molecular flexibility index (Phi) is 8.28. The first-order valence-electron chi connectivity index (χ1n) is 11.5. The van der Waals surface area contributed by atoms with Crippen LogP contribution in [0.4, 0.5) is 14.5 Å². The number of ether oxygens (including phenoxy) is 1. The molecule has 2 amide bonds. The number of fused-ring (bicyclic) bond motifs is 1. The van der Waals surface area contributed by atoms with Crippen molar-refractivity contribution in [2.24, 2.45) is 0 Å². The molecule has 7 nitrogen and oxygen atoms in total. The number of carbonyl (C=O) groups is 3. The predicted molar refractivity (Wildman–Crippen MR) is 136 cm³/mol. The van der Waals surface area contributed by atoms with Gasteiger partial charge in [0.05, 0.1) is 12.0 Å². The Balaban J connectivity index is 1.97. The molecule has 36 heavy (non-hydrogen) atoms. The summed E-state index contributed by atoms with van der Waals surface area (Å²) in [7, 11) is -0.138. The van der Waals surface area contributed by atoms with E-state index in [4.69, 9.17) is 9.84 Å². The average Bonchev–Trinajstić information content (AvgIpc) is 2.76. The number of carbonyl (C=O) groups excluding carboxylic acids is 2. The van der Waals surface area contributed by atoms with Crippen LogP contribution in [0.3, 0.4) is 0 Å². The molecule has 0 fully saturated rings. The molecule has 3 rings (SSSR count). The molecular weight excluding hydrogens is 490 g/mol. The third kappa shape index (κ3) is 5.80. The highest BCUT2D eigenvalue weighted by molar-refractivity contribution is 8.32. The Morgan fingerprint density at radius 3 is 2.33 bits per heavy atom. The van der Waals surface area contributed by atoms with E-state index < -0.39 is 39.6 Å². The van der Waals surface area contributed by atoms with Crippen LogP contribution in [0.25, 0.3) is 0 Å². The third-order valence-corrected chi connectivity index (χ3v) is 7.86. The fraction of sp³-hybridized carbons (Fsp3) is 0.423. The van der Waals surface area contributed by atoms with Gasteiger partial charge in [-0.3, -0.25) is 14.4 Å². The van der Waals surface area contributed by atoms with Crippen LogP contribution in [0, 0.1) is 18.6 Å². The molecule has 2 aromatic carbocycles. The van der Waals surface area contributed by atoms with Crippen molar-refractivity contribution in [3.8, 4) is 5.75 Å². The first-order valence-corrected chi connectivity index (χ1v) is 14.4. The van der Waals surface area contributed by atoms with E-state index in [9.17, 15) is 23.2 Å². The van der Waals surface area contributed by atoms with E-state index in [1.54, 1.807) is 38.0 Å². The van der Waals surface area contributed by atoms with Crippen LogP contribution in [-0.2, 0) is 20.8 Å². The smallest absolute Gasteiger partial charge is 0.303 e. The fourth-order valence-electron chi connectivity index (χ4n) is 4.61. The van der Waals surface area contributed by atoms with Gasteiger partial charge in [-0.15, -0.1) is 0 Å². The van der Waals surface area contributed by atoms with Crippen molar-refractivity contribution in [2.75, 3.05) is 37.7 Å². The zero-order chi connectivity index (χ0) is 26.8. The molecule has 1 aliphatic heterocycles. The van der Waals surface area contributed by atoms with Gasteiger partial charge in [-0.2, -0.15) is 0 Å². The summed E-state index contributed by atoms with van der Waals surface area (Å²) < 4.78 is 35.0. The van der Waals surface area contributed by atoms with Gasteiger partial charge in [-0.25, -0.2) is 18.8 Å². The summed E-state index contributed by atoms with van der Waals surface area (Å²) in [5.41, 5.74) is 2.27. The summed E-state index contributed by atoms with van der Waals surface area (Å²) >= 11 is 0. The van der Waals surface area contributed by atoms with Crippen molar-refractivity contribution in [1.82, 2.24) is 4.90 Å². The molecule has 0 bridgehead atoms. The molecule has 0 saturated carbocycles. The molecule has 2 N–H and O–H groups in total. The summed E-state index contributed by atoms with van der Waals surface area (Å²) in [6.45, 7) is 2.11. The van der Waals surface area contributed by atoms with Crippen molar-refractivity contribution in [3.05, 3.63) is 52.6 Å². The van der Waals surface area contributed by atoms with E-state index in [2.05, 4.69) is 5.32 Å². The zero-order valence-electron chi connectivity index (χ0n) is 21.1. The van der Waals surface area contributed by atoms with Crippen molar-refractivity contribution >= 4 is 33.5 Å². The van der Waals surface area contributed by atoms with E-state index in [1.165, 1.54) is 4.90 Å². The number of carboxylic acid groups (broad SMARTS) is 1. The van der Waals surface area contributed by atoms with Crippen LogP contribution in [0.15, 0.2) is 29.2 Å². The highest BCUT2D eigenvalue weighted by Gasteiger charge is 2.37. The fourth-order valence-corrected chi connectivity index (χ4v) is 5.90. The molecule has 0 unspecified atom stereocenters. The Morgan fingerprint density at radius 2 is 1.78 bits per heavy atom. The maximum Gasteiger partial charge on any atom is 0.303 e. The van der Waals surface area contributed by atoms with E-state index in [0.29, 0.717) is 17.7 Å². The number of benzene rings is 2. The summed E-state index contributed by atoms with van der Waals surface area (Å²) in [6.07, 6.45) is 5.75. The lowest BCUT2D eigenvalue weighted by atomic mass is 9.88. The highest BCUT2D eigenvalue weighted by atomic mass is 32.3. The van der Waals surface area contributed by atoms with Gasteiger partial charge in [0.15, 0.2) is 0 Å². The number of anilines is 1. The Hall–Kier alpha value is -3.14. The molecule has 10 heteroatoms. The number of methoxy groups -OCH3 is 1. The monoisotopic (exact) mass is 522 g/mol. The highest BCUT2D eigenvalue weighted by Crippen LogP contribution is 2.48. The Labute approximate surface area is 211 Å². The predicted octanol–water partition coefficient (Wildman–Crippen LogP) is 4.65. The van der Waals surface area contributed by atoms with Gasteiger partial charge in [-0.05, 0) is 73.4 Å². The number of hydrogen-bond donors (Lipinski definition) is 2. The van der Waals surface area contributed by atoms with Crippen LogP contribution >= 0.6 is 10.0 Å². The number of nitrogens with one attached hydrogen (secondary N) is 1. The number of halogens is 2. The van der Waals surface area contributed by atoms with E-state index in [-0.39, 0.29) is 42.3 Å². The normalized spacial score (nSPS) is 15.8. The molecule has 0 saturated heterocycles. The van der Waals surface area contributed by atoms with Crippen molar-refractivity contribution in [3.63, 3.8) is 0 Å². The second kappa shape index (κ2) is 10.9. The maximum atomic E-state index is 14.8. The Bertz CT molecular complexity index is 1170. The van der Waals surface area contributed by atoms with Crippen LogP contribution in [0.1, 0.15) is 42.0 Å². The minimum atomic E-state index is -1.69. The quantitative estimate of drug-likeness (QED) is 0.526. The van der Waals surface area contributed by atoms with Crippen LogP contribution in [0.5, 0.6) is 5.75 Å². The first kappa shape index (κ1) is 27.4. The Morgan fingerprint density at radius 1 is 1.14 bits per heavy atom. The SMILES string of the molecule is COc1ccc2c(c1C)CCN(C(=O)CCCC(=O)O)[C@H]2C(=O)Nc1cc(F)c(S(C)(C)C)c(F)c1. The molecule has 1 atom stereocenters. The van der Waals surface area contributed by atoms with E-state index in [1.807, 2.05) is 6.92 Å². The summed E-state index contributed by atoms with van der Waals surface area (Å²) in [6, 6.07) is 4.57. The molecule has 0 spiro atoms. The number of rotatable bonds is 8. The molecule has 0 radical (unpaired) electrons. The van der Waals surface area contributed by atoms with Crippen molar-refractivity contribution < 1.29 is 33.0 Å². The van der Waals surface area contributed by atoms with E-state index in [0.717, 1.165) is 23.3 Å². The molecular formula is C26H32F2N2O5S. The lowest BCUT2D eigenvalue weighted by Crippen LogP contribution is -2.45. The standard InChI is InChI=1S/C26H32F2N2O5S/c1-15-17-11-12-30(22(31)7-6-8-23(32)33)24(18(17)9-10-21(15)35-2)26(34)29-16-13-19(27)25(20(28)14-16)36(3,4)5/h9-10,13-14,24H,6-8,11-12H2,1-5H3,(H,29,34)(H,32,33)/t24-/m1/s1. The minimum absolute atomic E-state index is 0.00136. The van der Waals surface area contributed by atoms with Crippen molar-refractivity contribution in [2.45, 2.75) is 43.5 Å². The molecule has 0 aromatic heterocycles. The number of carboxylic acids is 1. The lowest BCUT2D eigenvalue weighted by molar-refractivity contribution is -0.140. The average molecular weight is 523 g/mol. The lowest BCUT2D eigenvalue weighted by Gasteiger charge is -2.37. The van der Waals surface area contributed by atoms with Gasteiger partial charge in [0, 0.05) is 25.1 Å². The molecule has 1 heterocycles. The minimum Gasteiger partial charge on any atom is -0.496 e. The molecule has 0 aliphatic carbocycles. The number of aliphatic carboxylic acids is 1. The van der Waals surface area contributed by atoms with Crippen LogP contribution in [-0.4, -0.2) is 60.2 Å².